The van der Waals surface area contributed by atoms with Gasteiger partial charge in [-0.15, -0.1) is 0 Å². The minimum Gasteiger partial charge on any atom is -0.481 e. The predicted octanol–water partition coefficient (Wildman–Crippen LogP) is 2.53. The molecule has 0 radical (unpaired) electrons. The van der Waals surface area contributed by atoms with Crippen molar-refractivity contribution in [1.82, 2.24) is 0 Å². The van der Waals surface area contributed by atoms with E-state index in [1.54, 1.807) is 13.8 Å². The van der Waals surface area contributed by atoms with Gasteiger partial charge in [0.2, 0.25) is 0 Å². The highest BCUT2D eigenvalue weighted by atomic mass is 16.5. The van der Waals surface area contributed by atoms with Crippen LogP contribution in [0, 0.1) is 11.8 Å². The van der Waals surface area contributed by atoms with E-state index in [9.17, 15) is 14.7 Å². The van der Waals surface area contributed by atoms with Crippen LogP contribution in [0.3, 0.4) is 0 Å². The topological polar surface area (TPSA) is 83.8 Å². The van der Waals surface area contributed by atoms with Crippen LogP contribution in [0.15, 0.2) is 11.6 Å². The van der Waals surface area contributed by atoms with Gasteiger partial charge in [-0.05, 0) is 51.9 Å². The third kappa shape index (κ3) is 5.16. The molecule has 21 heavy (non-hydrogen) atoms. The molecule has 5 heteroatoms. The Hall–Kier alpha value is -1.36. The maximum Gasteiger partial charge on any atom is 0.306 e. The van der Waals surface area contributed by atoms with Crippen LogP contribution in [0.25, 0.3) is 0 Å². The first-order valence-electron chi connectivity index (χ1n) is 7.49. The third-order valence-corrected chi connectivity index (χ3v) is 4.54. The molecule has 5 nitrogen and oxygen atoms in total. The highest BCUT2D eigenvalue weighted by Gasteiger charge is 2.40. The van der Waals surface area contributed by atoms with E-state index in [2.05, 4.69) is 6.08 Å². The van der Waals surface area contributed by atoms with Gasteiger partial charge in [0.25, 0.3) is 6.47 Å². The molecule has 0 aromatic heterocycles. The Morgan fingerprint density at radius 1 is 1.52 bits per heavy atom. The van der Waals surface area contributed by atoms with E-state index in [1.165, 1.54) is 5.57 Å². The van der Waals surface area contributed by atoms with Crippen LogP contribution >= 0.6 is 0 Å². The van der Waals surface area contributed by atoms with Gasteiger partial charge in [0.1, 0.15) is 6.10 Å². The van der Waals surface area contributed by atoms with Crippen molar-refractivity contribution in [2.45, 2.75) is 64.6 Å². The lowest BCUT2D eigenvalue weighted by Crippen LogP contribution is -2.46. The van der Waals surface area contributed by atoms with E-state index < -0.39 is 17.7 Å². The number of ether oxygens (including phenoxy) is 1. The van der Waals surface area contributed by atoms with Gasteiger partial charge < -0.3 is 14.9 Å². The zero-order valence-corrected chi connectivity index (χ0v) is 13.0. The quantitative estimate of drug-likeness (QED) is 0.557. The third-order valence-electron chi connectivity index (χ3n) is 4.54. The molecule has 1 rings (SSSR count). The van der Waals surface area contributed by atoms with Gasteiger partial charge in [0, 0.05) is 0 Å². The standard InChI is InChI=1S/C16H26O5/c1-11(5-4-6-12(2)15(18)19)13-7-8-16(3,20)14(9-13)21-10-17/h5,10,12-14,20H,4,6-9H2,1-3H3,(H,18,19)/t12?,13-,14-,16+/m0/s1. The monoisotopic (exact) mass is 298 g/mol. The highest BCUT2D eigenvalue weighted by molar-refractivity contribution is 5.69. The molecule has 4 atom stereocenters. The second-order valence-corrected chi connectivity index (χ2v) is 6.31. The lowest BCUT2D eigenvalue weighted by atomic mass is 9.75. The Morgan fingerprint density at radius 3 is 2.76 bits per heavy atom. The Morgan fingerprint density at radius 2 is 2.19 bits per heavy atom. The Bertz CT molecular complexity index is 399. The first-order valence-corrected chi connectivity index (χ1v) is 7.49. The number of hydrogen-bond acceptors (Lipinski definition) is 4. The summed E-state index contributed by atoms with van der Waals surface area (Å²) in [6.45, 7) is 5.82. The summed E-state index contributed by atoms with van der Waals surface area (Å²) in [4.78, 5) is 21.3. The van der Waals surface area contributed by atoms with Crippen LogP contribution in [0.2, 0.25) is 0 Å². The average Bonchev–Trinajstić information content (AvgIpc) is 2.40. The number of hydrogen-bond donors (Lipinski definition) is 2. The van der Waals surface area contributed by atoms with Crippen molar-refractivity contribution in [1.29, 1.82) is 0 Å². The highest BCUT2D eigenvalue weighted by Crippen LogP contribution is 2.37. The van der Waals surface area contributed by atoms with E-state index in [0.717, 1.165) is 12.8 Å². The molecule has 1 aliphatic rings. The van der Waals surface area contributed by atoms with Gasteiger partial charge in [-0.25, -0.2) is 0 Å². The molecule has 0 spiro atoms. The second-order valence-electron chi connectivity index (χ2n) is 6.31. The van der Waals surface area contributed by atoms with Crippen molar-refractivity contribution >= 4 is 12.4 Å². The molecule has 0 aromatic rings. The lowest BCUT2D eigenvalue weighted by Gasteiger charge is -2.39. The molecule has 1 saturated carbocycles. The first-order chi connectivity index (χ1) is 9.77. The van der Waals surface area contributed by atoms with Gasteiger partial charge in [-0.1, -0.05) is 18.6 Å². The summed E-state index contributed by atoms with van der Waals surface area (Å²) >= 11 is 0. The largest absolute Gasteiger partial charge is 0.481 e. The molecular formula is C16H26O5. The van der Waals surface area contributed by atoms with E-state index >= 15 is 0 Å². The van der Waals surface area contributed by atoms with Gasteiger partial charge in [0.05, 0.1) is 11.5 Å². The van der Waals surface area contributed by atoms with Gasteiger partial charge in [-0.2, -0.15) is 0 Å². The predicted molar refractivity (Wildman–Crippen MR) is 78.7 cm³/mol. The van der Waals surface area contributed by atoms with Crippen LogP contribution in [-0.4, -0.2) is 34.4 Å². The lowest BCUT2D eigenvalue weighted by molar-refractivity contribution is -0.156. The zero-order chi connectivity index (χ0) is 16.0. The maximum absolute atomic E-state index is 10.8. The number of allylic oxidation sites excluding steroid dienone is 2. The fraction of sp³-hybridized carbons (Fsp3) is 0.750. The first kappa shape index (κ1) is 17.7. The maximum atomic E-state index is 10.8. The SMILES string of the molecule is CC(=CCCC(C)C(=O)O)[C@H]1CC[C@@](C)(O)[C@@H](OC=O)C1. The van der Waals surface area contributed by atoms with Crippen molar-refractivity contribution in [3.05, 3.63) is 11.6 Å². The normalized spacial score (nSPS) is 31.5. The van der Waals surface area contributed by atoms with Crippen LogP contribution < -0.4 is 0 Å². The van der Waals surface area contributed by atoms with Crippen LogP contribution in [0.4, 0.5) is 0 Å². The number of carboxylic acids is 1. The summed E-state index contributed by atoms with van der Waals surface area (Å²) in [5, 5.41) is 19.1. The summed E-state index contributed by atoms with van der Waals surface area (Å²) < 4.78 is 5.02. The smallest absolute Gasteiger partial charge is 0.306 e. The molecule has 2 N–H and O–H groups in total. The minimum absolute atomic E-state index is 0.273. The number of aliphatic hydroxyl groups is 1. The van der Waals surface area contributed by atoms with Crippen molar-refractivity contribution in [2.75, 3.05) is 0 Å². The Balaban J connectivity index is 2.56. The number of carbonyl (C=O) groups excluding carboxylic acids is 1. The van der Waals surface area contributed by atoms with Crippen molar-refractivity contribution in [2.24, 2.45) is 11.8 Å². The van der Waals surface area contributed by atoms with Gasteiger partial charge >= 0.3 is 5.97 Å². The number of carbonyl (C=O) groups is 2. The van der Waals surface area contributed by atoms with Crippen LogP contribution in [0.5, 0.6) is 0 Å². The van der Waals surface area contributed by atoms with E-state index in [4.69, 9.17) is 9.84 Å². The molecule has 1 unspecified atom stereocenters. The van der Waals surface area contributed by atoms with E-state index in [-0.39, 0.29) is 11.8 Å². The molecular weight excluding hydrogens is 272 g/mol. The molecule has 0 aromatic carbocycles. The van der Waals surface area contributed by atoms with Crippen molar-refractivity contribution in [3.8, 4) is 0 Å². The fourth-order valence-corrected chi connectivity index (χ4v) is 2.79. The summed E-state index contributed by atoms with van der Waals surface area (Å²) in [6, 6.07) is 0. The second kappa shape index (κ2) is 7.59. The van der Waals surface area contributed by atoms with Gasteiger partial charge in [-0.3, -0.25) is 9.59 Å². The van der Waals surface area contributed by atoms with E-state index in [0.29, 0.717) is 25.7 Å². The fourth-order valence-electron chi connectivity index (χ4n) is 2.79. The van der Waals surface area contributed by atoms with Crippen molar-refractivity contribution in [3.63, 3.8) is 0 Å². The number of aliphatic carboxylic acids is 1. The summed E-state index contributed by atoms with van der Waals surface area (Å²) in [7, 11) is 0. The number of rotatable bonds is 7. The molecule has 0 heterocycles. The van der Waals surface area contributed by atoms with E-state index in [1.807, 2.05) is 6.92 Å². The minimum atomic E-state index is -0.963. The van der Waals surface area contributed by atoms with Crippen molar-refractivity contribution < 1.29 is 24.5 Å². The molecule has 1 aliphatic carbocycles. The van der Waals surface area contributed by atoms with Crippen LogP contribution in [0.1, 0.15) is 52.9 Å². The molecule has 0 saturated heterocycles. The molecule has 0 bridgehead atoms. The van der Waals surface area contributed by atoms with Gasteiger partial charge in [0.15, 0.2) is 0 Å². The Labute approximate surface area is 126 Å². The molecule has 0 aliphatic heterocycles. The molecule has 1 fully saturated rings. The summed E-state index contributed by atoms with van der Waals surface area (Å²) in [5.41, 5.74) is 0.220. The zero-order valence-electron chi connectivity index (χ0n) is 13.0. The average molecular weight is 298 g/mol. The molecule has 120 valence electrons. The van der Waals surface area contributed by atoms with Crippen LogP contribution in [-0.2, 0) is 14.3 Å². The number of carboxylic acid groups (broad SMARTS) is 1. The Kier molecular flexibility index (Phi) is 6.40. The summed E-state index contributed by atoms with van der Waals surface area (Å²) in [6.07, 6.45) is 4.99. The molecule has 0 amide bonds. The summed E-state index contributed by atoms with van der Waals surface area (Å²) in [5.74, 6) is -0.836.